The number of nitrogens with two attached hydrogens (primary N) is 1. The average Bonchev–Trinajstić information content (AvgIpc) is 2.44. The average molecular weight is 260 g/mol. The number of anilines is 2. The molecule has 0 atom stereocenters. The molecule has 0 saturated heterocycles. The molecular weight excluding hydrogens is 240 g/mol. The maximum atomic E-state index is 11.3. The number of rotatable bonds is 3. The minimum atomic E-state index is 0. The van der Waals surface area contributed by atoms with E-state index in [1.165, 1.54) is 6.20 Å². The first-order valence-corrected chi connectivity index (χ1v) is 6.14. The molecule has 0 bridgehead atoms. The van der Waals surface area contributed by atoms with E-state index >= 15 is 0 Å². The number of nitrogens with one attached hydrogen (secondary N) is 1. The third-order valence-electron chi connectivity index (χ3n) is 3.23. The molecule has 5 heteroatoms. The third-order valence-corrected chi connectivity index (χ3v) is 3.23. The Morgan fingerprint density at radius 2 is 2.37 bits per heavy atom. The summed E-state index contributed by atoms with van der Waals surface area (Å²) in [6.45, 7) is 1.80. The van der Waals surface area contributed by atoms with Gasteiger partial charge in [-0.05, 0) is 17.7 Å². The van der Waals surface area contributed by atoms with Gasteiger partial charge in [-0.2, -0.15) is 0 Å². The van der Waals surface area contributed by atoms with Gasteiger partial charge in [-0.3, -0.25) is 9.79 Å². The Morgan fingerprint density at radius 1 is 1.58 bits per heavy atom. The van der Waals surface area contributed by atoms with Crippen LogP contribution in [0.25, 0.3) is 5.57 Å². The lowest BCUT2D eigenvalue weighted by Crippen LogP contribution is -2.30. The van der Waals surface area contributed by atoms with E-state index in [1.54, 1.807) is 13.3 Å². The first-order chi connectivity index (χ1) is 9.21. The molecule has 0 radical (unpaired) electrons. The molecule has 1 heterocycles. The van der Waals surface area contributed by atoms with Crippen LogP contribution < -0.4 is 16.0 Å². The second kappa shape index (κ2) is 5.56. The molecule has 1 aliphatic heterocycles. The van der Waals surface area contributed by atoms with Crippen LogP contribution in [0, 0.1) is 0 Å². The van der Waals surface area contributed by atoms with Crippen molar-refractivity contribution in [2.24, 2.45) is 10.7 Å². The molecule has 0 spiro atoms. The molecular formula is C14H20N4O. The van der Waals surface area contributed by atoms with Crippen LogP contribution in [0.5, 0.6) is 0 Å². The van der Waals surface area contributed by atoms with Crippen molar-refractivity contribution in [2.75, 3.05) is 37.4 Å². The molecule has 102 valence electrons. The number of aliphatic imine (C=N–C) groups is 1. The lowest BCUT2D eigenvalue weighted by atomic mass is 9.98. The largest absolute Gasteiger partial charge is 0.404 e. The summed E-state index contributed by atoms with van der Waals surface area (Å²) in [5.41, 5.74) is 9.82. The summed E-state index contributed by atoms with van der Waals surface area (Å²) < 4.78 is 0. The van der Waals surface area contributed by atoms with Gasteiger partial charge in [0.15, 0.2) is 6.29 Å². The molecule has 0 unspecified atom stereocenters. The Kier molecular flexibility index (Phi) is 3.85. The van der Waals surface area contributed by atoms with Crippen molar-refractivity contribution in [1.29, 1.82) is 0 Å². The van der Waals surface area contributed by atoms with Crippen LogP contribution in [0.15, 0.2) is 23.3 Å². The molecule has 2 rings (SSSR count). The Balaban J connectivity index is 0.00000200. The summed E-state index contributed by atoms with van der Waals surface area (Å²) >= 11 is 0. The molecule has 19 heavy (non-hydrogen) atoms. The highest BCUT2D eigenvalue weighted by Gasteiger charge is 2.17. The Labute approximate surface area is 114 Å². The number of likely N-dealkylation sites (N-methyl/N-ethyl adjacent to an activating group) is 1. The summed E-state index contributed by atoms with van der Waals surface area (Å²) in [6, 6.07) is 3.84. The number of benzene rings is 1. The number of hydrogen-bond acceptors (Lipinski definition) is 5. The summed E-state index contributed by atoms with van der Waals surface area (Å²) in [5, 5.41) is 3.30. The number of allylic oxidation sites excluding steroid dienone is 1. The molecule has 1 aliphatic rings. The van der Waals surface area contributed by atoms with Crippen LogP contribution in [0.2, 0.25) is 0 Å². The summed E-state index contributed by atoms with van der Waals surface area (Å²) in [4.78, 5) is 17.4. The lowest BCUT2D eigenvalue weighted by molar-refractivity contribution is 0.112. The summed E-state index contributed by atoms with van der Waals surface area (Å²) in [6.07, 6.45) is 3.97. The number of fused-ring (bicyclic) bond motifs is 1. The molecule has 0 fully saturated rings. The third kappa shape index (κ3) is 2.45. The van der Waals surface area contributed by atoms with Gasteiger partial charge in [-0.15, -0.1) is 0 Å². The van der Waals surface area contributed by atoms with E-state index in [2.05, 4.69) is 15.2 Å². The van der Waals surface area contributed by atoms with Gasteiger partial charge < -0.3 is 16.0 Å². The van der Waals surface area contributed by atoms with Crippen molar-refractivity contribution in [3.05, 3.63) is 29.5 Å². The lowest BCUT2D eigenvalue weighted by Gasteiger charge is -2.29. The van der Waals surface area contributed by atoms with Crippen molar-refractivity contribution in [3.8, 4) is 0 Å². The van der Waals surface area contributed by atoms with Crippen LogP contribution in [0.1, 0.15) is 17.3 Å². The fraction of sp³-hybridized carbons (Fsp3) is 0.286. The predicted octanol–water partition coefficient (Wildman–Crippen LogP) is 1.61. The quantitative estimate of drug-likeness (QED) is 0.640. The number of nitrogens with zero attached hydrogens (tertiary/aromatic N) is 2. The Hall–Kier alpha value is -2.30. The highest BCUT2D eigenvalue weighted by Crippen LogP contribution is 2.33. The van der Waals surface area contributed by atoms with Gasteiger partial charge in [0.05, 0.1) is 11.4 Å². The topological polar surface area (TPSA) is 70.7 Å². The van der Waals surface area contributed by atoms with Crippen molar-refractivity contribution in [3.63, 3.8) is 0 Å². The first kappa shape index (κ1) is 13.1. The molecule has 1 aromatic rings. The number of hydrogen-bond donors (Lipinski definition) is 2. The second-order valence-electron chi connectivity index (χ2n) is 4.43. The van der Waals surface area contributed by atoms with E-state index in [4.69, 9.17) is 5.73 Å². The molecule has 0 amide bonds. The van der Waals surface area contributed by atoms with Crippen LogP contribution in [-0.4, -0.2) is 39.7 Å². The highest BCUT2D eigenvalue weighted by atomic mass is 16.1. The van der Waals surface area contributed by atoms with Crippen LogP contribution in [-0.2, 0) is 0 Å². The van der Waals surface area contributed by atoms with E-state index < -0.39 is 0 Å². The molecule has 5 nitrogen and oxygen atoms in total. The SMILES string of the molecule is CN=C/C(=C\N)c1cc2c(cc1C=O)NCCN2C.[HH]. The fourth-order valence-electron chi connectivity index (χ4n) is 2.23. The number of carbonyl (C=O) groups is 1. The van der Waals surface area contributed by atoms with Gasteiger partial charge in [0, 0.05) is 52.2 Å². The van der Waals surface area contributed by atoms with Gasteiger partial charge in [0.1, 0.15) is 0 Å². The molecule has 0 aromatic heterocycles. The van der Waals surface area contributed by atoms with Crippen LogP contribution >= 0.6 is 0 Å². The van der Waals surface area contributed by atoms with Gasteiger partial charge in [-0.1, -0.05) is 0 Å². The van der Waals surface area contributed by atoms with E-state index in [1.807, 2.05) is 19.2 Å². The molecule has 3 N–H and O–H groups in total. The zero-order valence-electron chi connectivity index (χ0n) is 11.2. The summed E-state index contributed by atoms with van der Waals surface area (Å²) in [5.74, 6) is 0. The maximum absolute atomic E-state index is 11.3. The van der Waals surface area contributed by atoms with Gasteiger partial charge >= 0.3 is 0 Å². The molecule has 0 saturated carbocycles. The predicted molar refractivity (Wildman–Crippen MR) is 82.3 cm³/mol. The minimum absolute atomic E-state index is 0. The Morgan fingerprint density at radius 3 is 3.00 bits per heavy atom. The fourth-order valence-corrected chi connectivity index (χ4v) is 2.23. The van der Waals surface area contributed by atoms with Crippen molar-refractivity contribution >= 4 is 29.4 Å². The smallest absolute Gasteiger partial charge is 0.150 e. The zero-order chi connectivity index (χ0) is 13.8. The highest BCUT2D eigenvalue weighted by molar-refractivity contribution is 6.13. The van der Waals surface area contributed by atoms with E-state index in [9.17, 15) is 4.79 Å². The normalized spacial score (nSPS) is 15.3. The van der Waals surface area contributed by atoms with Crippen LogP contribution in [0.3, 0.4) is 0 Å². The first-order valence-electron chi connectivity index (χ1n) is 6.14. The number of carbonyl (C=O) groups excluding carboxylic acids is 1. The van der Waals surface area contributed by atoms with Gasteiger partial charge in [0.25, 0.3) is 0 Å². The zero-order valence-corrected chi connectivity index (χ0v) is 11.2. The number of aldehydes is 1. The standard InChI is InChI=1S/C14H18N4O.H2/c1-16-8-11(7-15)12-6-14-13(5-10(12)9-19)17-3-4-18(14)2;/h5-9,17H,3-4,15H2,1-2H3;1H/b11-7+,16-8?;. The van der Waals surface area contributed by atoms with Crippen LogP contribution in [0.4, 0.5) is 11.4 Å². The maximum Gasteiger partial charge on any atom is 0.150 e. The van der Waals surface area contributed by atoms with Gasteiger partial charge in [0.2, 0.25) is 0 Å². The minimum Gasteiger partial charge on any atom is -0.404 e. The van der Waals surface area contributed by atoms with E-state index in [-0.39, 0.29) is 1.43 Å². The molecule has 1 aromatic carbocycles. The molecule has 0 aliphatic carbocycles. The Bertz CT molecular complexity index is 554. The summed E-state index contributed by atoms with van der Waals surface area (Å²) in [7, 11) is 3.71. The van der Waals surface area contributed by atoms with E-state index in [0.717, 1.165) is 41.9 Å². The van der Waals surface area contributed by atoms with Gasteiger partial charge in [-0.25, -0.2) is 0 Å². The monoisotopic (exact) mass is 260 g/mol. The van der Waals surface area contributed by atoms with Crippen molar-refractivity contribution in [2.45, 2.75) is 0 Å². The van der Waals surface area contributed by atoms with E-state index in [0.29, 0.717) is 5.56 Å². The second-order valence-corrected chi connectivity index (χ2v) is 4.43. The van der Waals surface area contributed by atoms with Crippen molar-refractivity contribution in [1.82, 2.24) is 0 Å². The van der Waals surface area contributed by atoms with Crippen molar-refractivity contribution < 1.29 is 6.22 Å².